The van der Waals surface area contributed by atoms with Crippen LogP contribution in [0.2, 0.25) is 0 Å². The predicted molar refractivity (Wildman–Crippen MR) is 88.4 cm³/mol. The van der Waals surface area contributed by atoms with Gasteiger partial charge >= 0.3 is 0 Å². The van der Waals surface area contributed by atoms with Crippen LogP contribution in [-0.4, -0.2) is 20.7 Å². The van der Waals surface area contributed by atoms with Gasteiger partial charge in [-0.2, -0.15) is 0 Å². The van der Waals surface area contributed by atoms with Gasteiger partial charge in [0.1, 0.15) is 5.75 Å². The lowest BCUT2D eigenvalue weighted by atomic mass is 9.99. The Morgan fingerprint density at radius 3 is 2.95 bits per heavy atom. The number of hydrogen-bond acceptors (Lipinski definition) is 3. The Kier molecular flexibility index (Phi) is 4.00. The third-order valence-electron chi connectivity index (χ3n) is 4.06. The first kappa shape index (κ1) is 13.8. The Hall–Kier alpha value is -2.16. The summed E-state index contributed by atoms with van der Waals surface area (Å²) in [6, 6.07) is 14.8. The zero-order valence-corrected chi connectivity index (χ0v) is 12.7. The standard InChI is InChI=1S/C18H22N2O/c1-20-10-4-5-15-11-14(8-9-18(15)20)13-19-16-6-3-7-17(12-16)21-2/h3,6-9,11-12,19H,4-5,10,13H2,1-2H3. The van der Waals surface area contributed by atoms with Crippen molar-refractivity contribution in [3.63, 3.8) is 0 Å². The third kappa shape index (κ3) is 3.13. The number of methoxy groups -OCH3 is 1. The molecular weight excluding hydrogens is 260 g/mol. The van der Waals surface area contributed by atoms with Crippen LogP contribution in [0.25, 0.3) is 0 Å². The van der Waals surface area contributed by atoms with Crippen LogP contribution in [0.4, 0.5) is 11.4 Å². The molecule has 3 heteroatoms. The molecule has 1 aliphatic rings. The molecule has 3 nitrogen and oxygen atoms in total. The highest BCUT2D eigenvalue weighted by Gasteiger charge is 2.13. The molecular formula is C18H22N2O. The van der Waals surface area contributed by atoms with E-state index < -0.39 is 0 Å². The van der Waals surface area contributed by atoms with E-state index >= 15 is 0 Å². The summed E-state index contributed by atoms with van der Waals surface area (Å²) >= 11 is 0. The molecule has 0 amide bonds. The van der Waals surface area contributed by atoms with Gasteiger partial charge in [-0.15, -0.1) is 0 Å². The van der Waals surface area contributed by atoms with E-state index in [2.05, 4.69) is 41.5 Å². The van der Waals surface area contributed by atoms with Gasteiger partial charge < -0.3 is 15.0 Å². The van der Waals surface area contributed by atoms with E-state index in [-0.39, 0.29) is 0 Å². The van der Waals surface area contributed by atoms with E-state index in [0.29, 0.717) is 0 Å². The second-order valence-corrected chi connectivity index (χ2v) is 5.57. The molecule has 0 unspecified atom stereocenters. The molecule has 1 heterocycles. The van der Waals surface area contributed by atoms with Gasteiger partial charge in [0, 0.05) is 37.6 Å². The summed E-state index contributed by atoms with van der Waals surface area (Å²) < 4.78 is 5.25. The smallest absolute Gasteiger partial charge is 0.120 e. The first-order valence-electron chi connectivity index (χ1n) is 7.47. The average Bonchev–Trinajstić information content (AvgIpc) is 2.53. The maximum absolute atomic E-state index is 5.25. The van der Waals surface area contributed by atoms with Gasteiger partial charge in [-0.25, -0.2) is 0 Å². The fourth-order valence-corrected chi connectivity index (χ4v) is 2.89. The highest BCUT2D eigenvalue weighted by molar-refractivity contribution is 5.57. The number of aryl methyl sites for hydroxylation is 1. The summed E-state index contributed by atoms with van der Waals surface area (Å²) in [5.41, 5.74) is 5.26. The van der Waals surface area contributed by atoms with Crippen molar-refractivity contribution in [3.05, 3.63) is 53.6 Å². The normalized spacial score (nSPS) is 13.7. The van der Waals surface area contributed by atoms with Crippen molar-refractivity contribution in [2.45, 2.75) is 19.4 Å². The quantitative estimate of drug-likeness (QED) is 0.925. The topological polar surface area (TPSA) is 24.5 Å². The Morgan fingerprint density at radius 2 is 2.10 bits per heavy atom. The van der Waals surface area contributed by atoms with E-state index in [0.717, 1.165) is 24.5 Å². The highest BCUT2D eigenvalue weighted by atomic mass is 16.5. The van der Waals surface area contributed by atoms with Crippen LogP contribution in [0, 0.1) is 0 Å². The fraction of sp³-hybridized carbons (Fsp3) is 0.333. The average molecular weight is 282 g/mol. The van der Waals surface area contributed by atoms with E-state index in [1.165, 1.54) is 29.7 Å². The summed E-state index contributed by atoms with van der Waals surface area (Å²) in [4.78, 5) is 2.35. The minimum absolute atomic E-state index is 0.837. The van der Waals surface area contributed by atoms with Crippen LogP contribution in [0.3, 0.4) is 0 Å². The molecule has 0 saturated heterocycles. The Balaban J connectivity index is 1.70. The number of ether oxygens (including phenoxy) is 1. The zero-order valence-electron chi connectivity index (χ0n) is 12.7. The highest BCUT2D eigenvalue weighted by Crippen LogP contribution is 2.27. The number of hydrogen-bond donors (Lipinski definition) is 1. The lowest BCUT2D eigenvalue weighted by molar-refractivity contribution is 0.415. The van der Waals surface area contributed by atoms with Crippen molar-refractivity contribution >= 4 is 11.4 Å². The minimum Gasteiger partial charge on any atom is -0.497 e. The number of fused-ring (bicyclic) bond motifs is 1. The molecule has 0 atom stereocenters. The number of benzene rings is 2. The van der Waals surface area contributed by atoms with Crippen molar-refractivity contribution in [1.82, 2.24) is 0 Å². The molecule has 3 rings (SSSR count). The molecule has 21 heavy (non-hydrogen) atoms. The van der Waals surface area contributed by atoms with Gasteiger partial charge in [-0.3, -0.25) is 0 Å². The van der Waals surface area contributed by atoms with Crippen molar-refractivity contribution in [1.29, 1.82) is 0 Å². The lowest BCUT2D eigenvalue weighted by Gasteiger charge is -2.27. The summed E-state index contributed by atoms with van der Waals surface area (Å²) in [6.45, 7) is 2.00. The Labute approximate surface area is 126 Å². The molecule has 2 aromatic carbocycles. The maximum Gasteiger partial charge on any atom is 0.120 e. The van der Waals surface area contributed by atoms with Crippen LogP contribution in [0.1, 0.15) is 17.5 Å². The number of nitrogens with zero attached hydrogens (tertiary/aromatic N) is 1. The van der Waals surface area contributed by atoms with Crippen LogP contribution in [0.15, 0.2) is 42.5 Å². The van der Waals surface area contributed by atoms with Gasteiger partial charge in [0.05, 0.1) is 7.11 Å². The second kappa shape index (κ2) is 6.08. The van der Waals surface area contributed by atoms with Crippen LogP contribution in [-0.2, 0) is 13.0 Å². The Morgan fingerprint density at radius 1 is 1.19 bits per heavy atom. The van der Waals surface area contributed by atoms with E-state index in [1.54, 1.807) is 7.11 Å². The lowest BCUT2D eigenvalue weighted by Crippen LogP contribution is -2.24. The van der Waals surface area contributed by atoms with Gasteiger partial charge in [0.25, 0.3) is 0 Å². The fourth-order valence-electron chi connectivity index (χ4n) is 2.89. The van der Waals surface area contributed by atoms with Crippen LogP contribution >= 0.6 is 0 Å². The van der Waals surface area contributed by atoms with Crippen molar-refractivity contribution < 1.29 is 4.74 Å². The summed E-state index contributed by atoms with van der Waals surface area (Å²) in [7, 11) is 3.87. The molecule has 0 radical (unpaired) electrons. The molecule has 110 valence electrons. The molecule has 1 aliphatic heterocycles. The van der Waals surface area contributed by atoms with Crippen molar-refractivity contribution in [2.75, 3.05) is 30.9 Å². The van der Waals surface area contributed by atoms with Gasteiger partial charge in [0.2, 0.25) is 0 Å². The number of anilines is 2. The van der Waals surface area contributed by atoms with E-state index in [9.17, 15) is 0 Å². The molecule has 0 saturated carbocycles. The first-order chi connectivity index (χ1) is 10.3. The van der Waals surface area contributed by atoms with Crippen molar-refractivity contribution in [3.8, 4) is 5.75 Å². The van der Waals surface area contributed by atoms with Crippen LogP contribution < -0.4 is 15.0 Å². The number of rotatable bonds is 4. The molecule has 0 aromatic heterocycles. The summed E-state index contributed by atoms with van der Waals surface area (Å²) in [5.74, 6) is 0.882. The largest absolute Gasteiger partial charge is 0.497 e. The van der Waals surface area contributed by atoms with Crippen molar-refractivity contribution in [2.24, 2.45) is 0 Å². The van der Waals surface area contributed by atoms with E-state index in [1.807, 2.05) is 18.2 Å². The SMILES string of the molecule is COc1cccc(NCc2ccc3c(c2)CCCN3C)c1. The molecule has 0 aliphatic carbocycles. The Bertz CT molecular complexity index is 624. The molecule has 0 fully saturated rings. The molecule has 1 N–H and O–H groups in total. The van der Waals surface area contributed by atoms with E-state index in [4.69, 9.17) is 4.74 Å². The second-order valence-electron chi connectivity index (χ2n) is 5.57. The molecule has 0 spiro atoms. The molecule has 0 bridgehead atoms. The molecule has 2 aromatic rings. The first-order valence-corrected chi connectivity index (χ1v) is 7.47. The maximum atomic E-state index is 5.25. The third-order valence-corrected chi connectivity index (χ3v) is 4.06. The minimum atomic E-state index is 0.837. The zero-order chi connectivity index (χ0) is 14.7. The summed E-state index contributed by atoms with van der Waals surface area (Å²) in [6.07, 6.45) is 2.43. The monoisotopic (exact) mass is 282 g/mol. The van der Waals surface area contributed by atoms with Gasteiger partial charge in [0.15, 0.2) is 0 Å². The van der Waals surface area contributed by atoms with Gasteiger partial charge in [-0.05, 0) is 42.2 Å². The summed E-state index contributed by atoms with van der Waals surface area (Å²) in [5, 5.41) is 3.46. The predicted octanol–water partition coefficient (Wildman–Crippen LogP) is 3.69. The number of nitrogens with one attached hydrogen (secondary N) is 1. The van der Waals surface area contributed by atoms with Gasteiger partial charge in [-0.1, -0.05) is 18.2 Å². The van der Waals surface area contributed by atoms with Crippen LogP contribution in [0.5, 0.6) is 5.75 Å².